The van der Waals surface area contributed by atoms with Crippen molar-refractivity contribution >= 4 is 15.9 Å². The molecule has 1 aliphatic carbocycles. The SMILES string of the molecule is NC1(c2c(O)ccc(Br)c2F)CCCCC1. The van der Waals surface area contributed by atoms with Crippen LogP contribution in [0.4, 0.5) is 4.39 Å². The molecule has 2 rings (SSSR count). The number of hydrogen-bond donors (Lipinski definition) is 2. The first kappa shape index (κ1) is 11.9. The maximum atomic E-state index is 14.0. The summed E-state index contributed by atoms with van der Waals surface area (Å²) in [5.74, 6) is -0.463. The molecule has 0 unspecified atom stereocenters. The summed E-state index contributed by atoms with van der Waals surface area (Å²) in [4.78, 5) is 0. The Labute approximate surface area is 103 Å². The van der Waals surface area contributed by atoms with Crippen molar-refractivity contribution in [2.45, 2.75) is 37.6 Å². The summed E-state index contributed by atoms with van der Waals surface area (Å²) in [7, 11) is 0. The normalized spacial score (nSPS) is 19.7. The number of phenols is 1. The molecule has 1 saturated carbocycles. The molecule has 88 valence electrons. The van der Waals surface area contributed by atoms with Crippen LogP contribution in [0.1, 0.15) is 37.7 Å². The van der Waals surface area contributed by atoms with Crippen molar-refractivity contribution in [3.8, 4) is 5.75 Å². The lowest BCUT2D eigenvalue weighted by Crippen LogP contribution is -2.39. The van der Waals surface area contributed by atoms with Crippen LogP contribution in [0.2, 0.25) is 0 Å². The van der Waals surface area contributed by atoms with E-state index in [0.29, 0.717) is 4.47 Å². The van der Waals surface area contributed by atoms with Gasteiger partial charge in [0.15, 0.2) is 0 Å². The lowest BCUT2D eigenvalue weighted by molar-refractivity contribution is 0.281. The summed E-state index contributed by atoms with van der Waals surface area (Å²) in [6.07, 6.45) is 4.57. The standard InChI is InChI=1S/C12H15BrFNO/c13-8-4-5-9(16)10(11(8)14)12(15)6-2-1-3-7-12/h4-5,16H,1-3,6-7,15H2. The van der Waals surface area contributed by atoms with Crippen LogP contribution < -0.4 is 5.73 Å². The molecule has 0 aliphatic heterocycles. The molecular formula is C12H15BrFNO. The maximum absolute atomic E-state index is 14.0. The highest BCUT2D eigenvalue weighted by atomic mass is 79.9. The minimum absolute atomic E-state index is 0.0369. The van der Waals surface area contributed by atoms with E-state index in [-0.39, 0.29) is 11.3 Å². The molecule has 0 aromatic heterocycles. The molecule has 0 atom stereocenters. The molecule has 3 N–H and O–H groups in total. The second-order valence-electron chi connectivity index (χ2n) is 4.47. The van der Waals surface area contributed by atoms with Gasteiger partial charge in [0.25, 0.3) is 0 Å². The fourth-order valence-corrected chi connectivity index (χ4v) is 2.78. The van der Waals surface area contributed by atoms with Crippen molar-refractivity contribution in [2.24, 2.45) is 5.73 Å². The van der Waals surface area contributed by atoms with Gasteiger partial charge in [-0.1, -0.05) is 19.3 Å². The van der Waals surface area contributed by atoms with Gasteiger partial charge in [0, 0.05) is 5.54 Å². The number of halogens is 2. The number of benzene rings is 1. The minimum atomic E-state index is -0.712. The fraction of sp³-hybridized carbons (Fsp3) is 0.500. The van der Waals surface area contributed by atoms with Crippen LogP contribution in [0.15, 0.2) is 16.6 Å². The van der Waals surface area contributed by atoms with E-state index < -0.39 is 11.4 Å². The molecule has 0 saturated heterocycles. The Balaban J connectivity index is 2.49. The Bertz CT molecular complexity index is 402. The molecule has 1 aromatic rings. The van der Waals surface area contributed by atoms with Crippen molar-refractivity contribution in [3.05, 3.63) is 28.0 Å². The predicted octanol–water partition coefficient (Wildman–Crippen LogP) is 3.41. The quantitative estimate of drug-likeness (QED) is 0.831. The summed E-state index contributed by atoms with van der Waals surface area (Å²) >= 11 is 3.13. The van der Waals surface area contributed by atoms with E-state index in [9.17, 15) is 9.50 Å². The predicted molar refractivity (Wildman–Crippen MR) is 64.7 cm³/mol. The van der Waals surface area contributed by atoms with Crippen LogP contribution in [0.25, 0.3) is 0 Å². The first-order chi connectivity index (χ1) is 7.54. The Kier molecular flexibility index (Phi) is 3.22. The van der Waals surface area contributed by atoms with E-state index in [1.165, 1.54) is 12.1 Å². The molecule has 0 radical (unpaired) electrons. The van der Waals surface area contributed by atoms with Gasteiger partial charge in [0.2, 0.25) is 0 Å². The lowest BCUT2D eigenvalue weighted by Gasteiger charge is -2.34. The van der Waals surface area contributed by atoms with E-state index in [1.807, 2.05) is 0 Å². The number of rotatable bonds is 1. The van der Waals surface area contributed by atoms with Crippen LogP contribution >= 0.6 is 15.9 Å². The second-order valence-corrected chi connectivity index (χ2v) is 5.33. The summed E-state index contributed by atoms with van der Waals surface area (Å²) in [6, 6.07) is 2.99. The Morgan fingerprint density at radius 2 is 1.88 bits per heavy atom. The largest absolute Gasteiger partial charge is 0.507 e. The van der Waals surface area contributed by atoms with Crippen molar-refractivity contribution in [2.75, 3.05) is 0 Å². The van der Waals surface area contributed by atoms with Gasteiger partial charge in [-0.25, -0.2) is 4.39 Å². The zero-order chi connectivity index (χ0) is 11.8. The topological polar surface area (TPSA) is 46.2 Å². The Morgan fingerprint density at radius 3 is 2.50 bits per heavy atom. The molecule has 0 amide bonds. The van der Waals surface area contributed by atoms with Gasteiger partial charge in [-0.2, -0.15) is 0 Å². The first-order valence-corrected chi connectivity index (χ1v) is 6.30. The molecule has 16 heavy (non-hydrogen) atoms. The molecular weight excluding hydrogens is 273 g/mol. The molecule has 1 aromatic carbocycles. The molecule has 1 fully saturated rings. The maximum Gasteiger partial charge on any atom is 0.146 e. The first-order valence-electron chi connectivity index (χ1n) is 5.51. The van der Waals surface area contributed by atoms with Crippen LogP contribution in [0, 0.1) is 5.82 Å². The lowest BCUT2D eigenvalue weighted by atomic mass is 9.77. The van der Waals surface area contributed by atoms with Gasteiger partial charge in [-0.3, -0.25) is 0 Å². The highest BCUT2D eigenvalue weighted by molar-refractivity contribution is 9.10. The number of aromatic hydroxyl groups is 1. The zero-order valence-corrected chi connectivity index (χ0v) is 10.6. The molecule has 0 spiro atoms. The fourth-order valence-electron chi connectivity index (χ4n) is 2.45. The van der Waals surface area contributed by atoms with E-state index >= 15 is 0 Å². The number of phenolic OH excluding ortho intramolecular Hbond substituents is 1. The molecule has 0 bridgehead atoms. The third-order valence-corrected chi connectivity index (χ3v) is 3.93. The van der Waals surface area contributed by atoms with Crippen LogP contribution in [-0.4, -0.2) is 5.11 Å². The van der Waals surface area contributed by atoms with Crippen LogP contribution in [-0.2, 0) is 5.54 Å². The molecule has 2 nitrogen and oxygen atoms in total. The summed E-state index contributed by atoms with van der Waals surface area (Å²) < 4.78 is 14.4. The molecule has 0 heterocycles. The van der Waals surface area contributed by atoms with Gasteiger partial charge >= 0.3 is 0 Å². The number of hydrogen-bond acceptors (Lipinski definition) is 2. The van der Waals surface area contributed by atoms with E-state index in [2.05, 4.69) is 15.9 Å². The molecule has 1 aliphatic rings. The smallest absolute Gasteiger partial charge is 0.146 e. The molecule has 4 heteroatoms. The number of nitrogens with two attached hydrogens (primary N) is 1. The summed E-state index contributed by atoms with van der Waals surface area (Å²) in [5, 5.41) is 9.79. The van der Waals surface area contributed by atoms with Gasteiger partial charge < -0.3 is 10.8 Å². The highest BCUT2D eigenvalue weighted by Gasteiger charge is 2.35. The van der Waals surface area contributed by atoms with Crippen molar-refractivity contribution in [3.63, 3.8) is 0 Å². The van der Waals surface area contributed by atoms with Gasteiger partial charge in [0.05, 0.1) is 10.0 Å². The Hall–Kier alpha value is -0.610. The van der Waals surface area contributed by atoms with Crippen molar-refractivity contribution in [1.82, 2.24) is 0 Å². The zero-order valence-electron chi connectivity index (χ0n) is 8.97. The van der Waals surface area contributed by atoms with Crippen LogP contribution in [0.5, 0.6) is 5.75 Å². The van der Waals surface area contributed by atoms with E-state index in [1.54, 1.807) is 0 Å². The van der Waals surface area contributed by atoms with Crippen molar-refractivity contribution < 1.29 is 9.50 Å². The summed E-state index contributed by atoms with van der Waals surface area (Å²) in [5.41, 5.74) is 5.78. The second kappa shape index (κ2) is 4.34. The summed E-state index contributed by atoms with van der Waals surface area (Å²) in [6.45, 7) is 0. The highest BCUT2D eigenvalue weighted by Crippen LogP contribution is 2.41. The van der Waals surface area contributed by atoms with E-state index in [0.717, 1.165) is 32.1 Å². The Morgan fingerprint density at radius 1 is 1.25 bits per heavy atom. The minimum Gasteiger partial charge on any atom is -0.507 e. The van der Waals surface area contributed by atoms with Gasteiger partial charge in [0.1, 0.15) is 11.6 Å². The average molecular weight is 288 g/mol. The van der Waals surface area contributed by atoms with E-state index in [4.69, 9.17) is 5.73 Å². The van der Waals surface area contributed by atoms with Gasteiger partial charge in [-0.15, -0.1) is 0 Å². The van der Waals surface area contributed by atoms with Crippen LogP contribution in [0.3, 0.4) is 0 Å². The third-order valence-electron chi connectivity index (χ3n) is 3.32. The van der Waals surface area contributed by atoms with Gasteiger partial charge in [-0.05, 0) is 40.9 Å². The monoisotopic (exact) mass is 287 g/mol. The average Bonchev–Trinajstić information content (AvgIpc) is 2.25. The third kappa shape index (κ3) is 1.96. The van der Waals surface area contributed by atoms with Crippen molar-refractivity contribution in [1.29, 1.82) is 0 Å².